The maximum absolute atomic E-state index is 11.3. The quantitative estimate of drug-likeness (QED) is 0.804. The highest BCUT2D eigenvalue weighted by molar-refractivity contribution is 5.97. The summed E-state index contributed by atoms with van der Waals surface area (Å²) in [4.78, 5) is 15.9. The molecule has 0 bridgehead atoms. The van der Waals surface area contributed by atoms with Crippen molar-refractivity contribution >= 4 is 17.0 Å². The monoisotopic (exact) mass is 294 g/mol. The molecule has 0 saturated carbocycles. The van der Waals surface area contributed by atoms with Crippen molar-refractivity contribution in [3.8, 4) is 11.1 Å². The average Bonchev–Trinajstić information content (AvgIpc) is 2.82. The molecule has 0 aliphatic rings. The fourth-order valence-corrected chi connectivity index (χ4v) is 2.84. The number of fused-ring (bicyclic) bond motifs is 1. The molecule has 0 saturated heterocycles. The molecular weight excluding hydrogens is 276 g/mol. The number of carboxylic acid groups (broad SMARTS) is 1. The lowest BCUT2D eigenvalue weighted by atomic mass is 9.94. The third-order valence-electron chi connectivity index (χ3n) is 3.99. The Labute approximate surface area is 129 Å². The van der Waals surface area contributed by atoms with Gasteiger partial charge in [-0.2, -0.15) is 0 Å². The lowest BCUT2D eigenvalue weighted by Gasteiger charge is -2.13. The molecule has 1 N–H and O–H groups in total. The van der Waals surface area contributed by atoms with Crippen LogP contribution in [-0.2, 0) is 18.3 Å². The van der Waals surface area contributed by atoms with Crippen LogP contribution in [0.4, 0.5) is 0 Å². The Morgan fingerprint density at radius 1 is 1.18 bits per heavy atom. The largest absolute Gasteiger partial charge is 0.481 e. The van der Waals surface area contributed by atoms with E-state index in [2.05, 4.69) is 4.98 Å². The van der Waals surface area contributed by atoms with E-state index < -0.39 is 5.97 Å². The number of nitrogens with zero attached hydrogens (tertiary/aromatic N) is 2. The van der Waals surface area contributed by atoms with E-state index in [1.165, 1.54) is 5.56 Å². The van der Waals surface area contributed by atoms with Crippen molar-refractivity contribution < 1.29 is 9.90 Å². The molecule has 2 aromatic heterocycles. The van der Waals surface area contributed by atoms with Gasteiger partial charge in [0.1, 0.15) is 5.65 Å². The summed E-state index contributed by atoms with van der Waals surface area (Å²) in [5.41, 5.74) is 5.62. The third-order valence-corrected chi connectivity index (χ3v) is 3.99. The lowest BCUT2D eigenvalue weighted by Crippen LogP contribution is -2.06. The molecule has 4 heteroatoms. The number of hydrogen-bond acceptors (Lipinski definition) is 2. The molecule has 0 amide bonds. The summed E-state index contributed by atoms with van der Waals surface area (Å²) in [6.07, 6.45) is 1.94. The van der Waals surface area contributed by atoms with E-state index in [0.29, 0.717) is 0 Å². The highest BCUT2D eigenvalue weighted by Gasteiger charge is 2.18. The van der Waals surface area contributed by atoms with E-state index in [4.69, 9.17) is 0 Å². The van der Waals surface area contributed by atoms with Gasteiger partial charge in [-0.15, -0.1) is 0 Å². The van der Waals surface area contributed by atoms with E-state index in [-0.39, 0.29) is 6.42 Å². The molecule has 0 fully saturated rings. The molecule has 0 atom stereocenters. The highest BCUT2D eigenvalue weighted by Crippen LogP contribution is 2.33. The van der Waals surface area contributed by atoms with Gasteiger partial charge in [0.2, 0.25) is 0 Å². The summed E-state index contributed by atoms with van der Waals surface area (Å²) in [6, 6.07) is 10.2. The van der Waals surface area contributed by atoms with Crippen LogP contribution in [0.25, 0.3) is 22.2 Å². The number of aromatic nitrogens is 2. The third kappa shape index (κ3) is 2.37. The Morgan fingerprint density at radius 2 is 1.86 bits per heavy atom. The molecule has 2 heterocycles. The zero-order valence-corrected chi connectivity index (χ0v) is 12.9. The van der Waals surface area contributed by atoms with Crippen LogP contribution in [-0.4, -0.2) is 20.6 Å². The highest BCUT2D eigenvalue weighted by atomic mass is 16.4. The summed E-state index contributed by atoms with van der Waals surface area (Å²) in [7, 11) is 1.95. The van der Waals surface area contributed by atoms with Crippen LogP contribution >= 0.6 is 0 Å². The van der Waals surface area contributed by atoms with Gasteiger partial charge in [0, 0.05) is 24.3 Å². The Bertz CT molecular complexity index is 861. The molecule has 3 aromatic rings. The van der Waals surface area contributed by atoms with Gasteiger partial charge in [-0.25, -0.2) is 4.98 Å². The number of carbonyl (C=O) groups is 1. The molecule has 4 nitrogen and oxygen atoms in total. The number of rotatable bonds is 3. The van der Waals surface area contributed by atoms with Crippen LogP contribution in [0, 0.1) is 13.8 Å². The SMILES string of the molecule is Cc1ccc(-c2c(CC(=O)O)c(C)nc3c2ccn3C)cc1. The van der Waals surface area contributed by atoms with Crippen LogP contribution in [0.15, 0.2) is 36.5 Å². The average molecular weight is 294 g/mol. The van der Waals surface area contributed by atoms with Gasteiger partial charge in [0.05, 0.1) is 6.42 Å². The van der Waals surface area contributed by atoms with E-state index in [0.717, 1.165) is 33.4 Å². The number of aliphatic carboxylic acids is 1. The minimum Gasteiger partial charge on any atom is -0.481 e. The van der Waals surface area contributed by atoms with Crippen LogP contribution in [0.2, 0.25) is 0 Å². The van der Waals surface area contributed by atoms with Crippen molar-refractivity contribution in [1.82, 2.24) is 9.55 Å². The predicted octanol–water partition coefficient (Wildman–Crippen LogP) is 3.48. The lowest BCUT2D eigenvalue weighted by molar-refractivity contribution is -0.136. The van der Waals surface area contributed by atoms with E-state index in [1.54, 1.807) is 0 Å². The zero-order chi connectivity index (χ0) is 15.9. The molecule has 22 heavy (non-hydrogen) atoms. The Morgan fingerprint density at radius 3 is 2.50 bits per heavy atom. The fraction of sp³-hybridized carbons (Fsp3) is 0.222. The number of carboxylic acids is 1. The van der Waals surface area contributed by atoms with Crippen LogP contribution in [0.3, 0.4) is 0 Å². The molecule has 0 spiro atoms. The van der Waals surface area contributed by atoms with E-state index in [1.807, 2.05) is 62.0 Å². The van der Waals surface area contributed by atoms with Crippen molar-refractivity contribution in [1.29, 1.82) is 0 Å². The van der Waals surface area contributed by atoms with Crippen molar-refractivity contribution in [2.75, 3.05) is 0 Å². The van der Waals surface area contributed by atoms with Gasteiger partial charge in [-0.3, -0.25) is 4.79 Å². The number of aryl methyl sites for hydroxylation is 3. The molecule has 3 rings (SSSR count). The fourth-order valence-electron chi connectivity index (χ4n) is 2.84. The molecule has 0 radical (unpaired) electrons. The minimum absolute atomic E-state index is 0.0210. The molecule has 0 aliphatic heterocycles. The van der Waals surface area contributed by atoms with Crippen LogP contribution in [0.5, 0.6) is 0 Å². The van der Waals surface area contributed by atoms with Gasteiger partial charge in [-0.1, -0.05) is 29.8 Å². The first-order chi connectivity index (χ1) is 10.5. The van der Waals surface area contributed by atoms with Crippen molar-refractivity contribution in [2.24, 2.45) is 7.05 Å². The second-order valence-corrected chi connectivity index (χ2v) is 5.65. The summed E-state index contributed by atoms with van der Waals surface area (Å²) in [6.45, 7) is 3.92. The smallest absolute Gasteiger partial charge is 0.307 e. The number of benzene rings is 1. The summed E-state index contributed by atoms with van der Waals surface area (Å²) < 4.78 is 1.96. The first-order valence-corrected chi connectivity index (χ1v) is 7.20. The maximum Gasteiger partial charge on any atom is 0.307 e. The maximum atomic E-state index is 11.3. The standard InChI is InChI=1S/C18H18N2O2/c1-11-4-6-13(7-5-11)17-14-8-9-20(3)18(14)19-12(2)15(17)10-16(21)22/h4-9H,10H2,1-3H3,(H,21,22). The van der Waals surface area contributed by atoms with Crippen molar-refractivity contribution in [2.45, 2.75) is 20.3 Å². The van der Waals surface area contributed by atoms with Gasteiger partial charge in [-0.05, 0) is 36.6 Å². The Hall–Kier alpha value is -2.62. The first-order valence-electron chi connectivity index (χ1n) is 7.20. The topological polar surface area (TPSA) is 55.1 Å². The molecule has 0 aliphatic carbocycles. The van der Waals surface area contributed by atoms with Gasteiger partial charge in [0.25, 0.3) is 0 Å². The first kappa shape index (κ1) is 14.3. The summed E-state index contributed by atoms with van der Waals surface area (Å²) in [5, 5.41) is 10.2. The predicted molar refractivity (Wildman–Crippen MR) is 87.0 cm³/mol. The normalized spacial score (nSPS) is 11.0. The molecule has 1 aromatic carbocycles. The second-order valence-electron chi connectivity index (χ2n) is 5.65. The van der Waals surface area contributed by atoms with Crippen LogP contribution < -0.4 is 0 Å². The molecule has 0 unspecified atom stereocenters. The molecule has 112 valence electrons. The van der Waals surface area contributed by atoms with Crippen molar-refractivity contribution in [3.05, 3.63) is 53.3 Å². The van der Waals surface area contributed by atoms with Gasteiger partial charge >= 0.3 is 5.97 Å². The Kier molecular flexibility index (Phi) is 3.45. The zero-order valence-electron chi connectivity index (χ0n) is 12.9. The number of pyridine rings is 1. The second kappa shape index (κ2) is 5.30. The van der Waals surface area contributed by atoms with Crippen molar-refractivity contribution in [3.63, 3.8) is 0 Å². The summed E-state index contributed by atoms with van der Waals surface area (Å²) >= 11 is 0. The van der Waals surface area contributed by atoms with Gasteiger partial charge in [0.15, 0.2) is 0 Å². The van der Waals surface area contributed by atoms with Crippen LogP contribution in [0.1, 0.15) is 16.8 Å². The number of hydrogen-bond donors (Lipinski definition) is 1. The Balaban J connectivity index is 2.36. The molecular formula is C18H18N2O2. The van der Waals surface area contributed by atoms with E-state index >= 15 is 0 Å². The minimum atomic E-state index is -0.839. The van der Waals surface area contributed by atoms with Gasteiger partial charge < -0.3 is 9.67 Å². The van der Waals surface area contributed by atoms with E-state index in [9.17, 15) is 9.90 Å². The summed E-state index contributed by atoms with van der Waals surface area (Å²) in [5.74, 6) is -0.839.